The lowest BCUT2D eigenvalue weighted by Gasteiger charge is -2.36. The van der Waals surface area contributed by atoms with Crippen LogP contribution in [0.5, 0.6) is 5.75 Å². The Hall–Kier alpha value is -2.32. The number of anilines is 1. The van der Waals surface area contributed by atoms with Crippen molar-refractivity contribution in [1.29, 1.82) is 5.26 Å². The number of nitrogens with one attached hydrogen (secondary N) is 1. The molecule has 1 aliphatic carbocycles. The summed E-state index contributed by atoms with van der Waals surface area (Å²) in [5.41, 5.74) is 2.06. The molecule has 1 aromatic carbocycles. The van der Waals surface area contributed by atoms with Crippen LogP contribution in [0.1, 0.15) is 49.6 Å². The van der Waals surface area contributed by atoms with Crippen molar-refractivity contribution in [3.8, 4) is 11.8 Å². The molecule has 0 saturated carbocycles. The third-order valence-electron chi connectivity index (χ3n) is 5.76. The van der Waals surface area contributed by atoms with Crippen molar-refractivity contribution < 1.29 is 9.53 Å². The molecule has 4 nitrogen and oxygen atoms in total. The van der Waals surface area contributed by atoms with Gasteiger partial charge in [0, 0.05) is 4.88 Å². The summed E-state index contributed by atoms with van der Waals surface area (Å²) in [6.45, 7) is 6.82. The molecule has 0 fully saturated rings. The summed E-state index contributed by atoms with van der Waals surface area (Å²) >= 11 is 1.56. The first kappa shape index (κ1) is 19.4. The molecular weight excluding hydrogens is 356 g/mol. The number of hydrogen-bond donors (Lipinski definition) is 1. The highest BCUT2D eigenvalue weighted by Crippen LogP contribution is 2.45. The molecule has 142 valence electrons. The summed E-state index contributed by atoms with van der Waals surface area (Å²) in [4.78, 5) is 13.6. The van der Waals surface area contributed by atoms with Gasteiger partial charge in [-0.15, -0.1) is 11.3 Å². The Balaban J connectivity index is 1.70. The number of carbonyl (C=O) groups excluding carboxylic acids is 1. The van der Waals surface area contributed by atoms with E-state index in [1.807, 2.05) is 30.3 Å². The number of rotatable bonds is 6. The van der Waals surface area contributed by atoms with Crippen LogP contribution < -0.4 is 10.1 Å². The van der Waals surface area contributed by atoms with E-state index in [2.05, 4.69) is 32.2 Å². The molecule has 1 aliphatic rings. The number of benzene rings is 1. The van der Waals surface area contributed by atoms with Gasteiger partial charge in [-0.25, -0.2) is 0 Å². The minimum atomic E-state index is -0.237. The van der Waals surface area contributed by atoms with Crippen molar-refractivity contribution in [1.82, 2.24) is 0 Å². The lowest BCUT2D eigenvalue weighted by molar-refractivity contribution is -0.118. The smallest absolute Gasteiger partial charge is 0.262 e. The topological polar surface area (TPSA) is 62.1 Å². The van der Waals surface area contributed by atoms with Gasteiger partial charge < -0.3 is 10.1 Å². The van der Waals surface area contributed by atoms with Crippen molar-refractivity contribution in [2.45, 2.75) is 46.5 Å². The van der Waals surface area contributed by atoms with E-state index in [1.165, 1.54) is 4.88 Å². The fourth-order valence-electron chi connectivity index (χ4n) is 3.58. The molecular formula is C22H26N2O2S. The molecule has 1 N–H and O–H groups in total. The molecule has 1 unspecified atom stereocenters. The first-order valence-electron chi connectivity index (χ1n) is 9.47. The van der Waals surface area contributed by atoms with E-state index in [0.29, 0.717) is 27.6 Å². The number of carbonyl (C=O) groups is 1. The quantitative estimate of drug-likeness (QED) is 0.749. The molecule has 1 amide bonds. The number of hydrogen-bond acceptors (Lipinski definition) is 4. The third-order valence-corrected chi connectivity index (χ3v) is 6.93. The van der Waals surface area contributed by atoms with Crippen molar-refractivity contribution in [3.63, 3.8) is 0 Å². The molecule has 1 heterocycles. The van der Waals surface area contributed by atoms with Crippen LogP contribution in [0.3, 0.4) is 0 Å². The van der Waals surface area contributed by atoms with Crippen LogP contribution in [0.4, 0.5) is 5.00 Å². The summed E-state index contributed by atoms with van der Waals surface area (Å²) in [6, 6.07) is 11.6. The van der Waals surface area contributed by atoms with Crippen molar-refractivity contribution in [3.05, 3.63) is 46.3 Å². The summed E-state index contributed by atoms with van der Waals surface area (Å²) < 4.78 is 5.50. The largest absolute Gasteiger partial charge is 0.484 e. The van der Waals surface area contributed by atoms with Crippen molar-refractivity contribution in [2.24, 2.45) is 11.3 Å². The second-order valence-electron chi connectivity index (χ2n) is 7.75. The summed E-state index contributed by atoms with van der Waals surface area (Å²) in [7, 11) is 0. The second kappa shape index (κ2) is 8.14. The predicted octanol–water partition coefficient (Wildman–Crippen LogP) is 5.18. The van der Waals surface area contributed by atoms with E-state index in [-0.39, 0.29) is 12.5 Å². The standard InChI is InChI=1S/C22H26N2O2S/c1-4-22(2,3)15-10-11-17-18(13-23)21(27-19(17)12-15)24-20(25)14-26-16-8-6-5-7-9-16/h5-9,15H,4,10-12,14H2,1-3H3,(H,24,25). The van der Waals surface area contributed by atoms with Gasteiger partial charge >= 0.3 is 0 Å². The Bertz CT molecular complexity index is 849. The molecule has 1 atom stereocenters. The van der Waals surface area contributed by atoms with Gasteiger partial charge in [0.2, 0.25) is 0 Å². The Morgan fingerprint density at radius 3 is 2.78 bits per heavy atom. The Morgan fingerprint density at radius 1 is 1.37 bits per heavy atom. The van der Waals surface area contributed by atoms with Crippen LogP contribution in [-0.4, -0.2) is 12.5 Å². The zero-order chi connectivity index (χ0) is 19.4. The number of para-hydroxylation sites is 1. The van der Waals surface area contributed by atoms with Crippen LogP contribution in [0.25, 0.3) is 0 Å². The van der Waals surface area contributed by atoms with Gasteiger partial charge in [-0.3, -0.25) is 4.79 Å². The fourth-order valence-corrected chi connectivity index (χ4v) is 4.87. The number of fused-ring (bicyclic) bond motifs is 1. The molecule has 0 bridgehead atoms. The number of nitrogens with zero attached hydrogens (tertiary/aromatic N) is 1. The second-order valence-corrected chi connectivity index (χ2v) is 8.86. The van der Waals surface area contributed by atoms with Gasteiger partial charge in [0.1, 0.15) is 16.8 Å². The maximum Gasteiger partial charge on any atom is 0.262 e. The Kier molecular flexibility index (Phi) is 5.86. The van der Waals surface area contributed by atoms with E-state index < -0.39 is 0 Å². The zero-order valence-electron chi connectivity index (χ0n) is 16.2. The van der Waals surface area contributed by atoms with Gasteiger partial charge in [-0.2, -0.15) is 5.26 Å². The maximum atomic E-state index is 12.3. The minimum Gasteiger partial charge on any atom is -0.484 e. The molecule has 2 aromatic rings. The average Bonchev–Trinajstić information content (AvgIpc) is 3.03. The molecule has 0 spiro atoms. The number of amides is 1. The van der Waals surface area contributed by atoms with Crippen molar-refractivity contribution >= 4 is 22.2 Å². The maximum absolute atomic E-state index is 12.3. The highest BCUT2D eigenvalue weighted by atomic mass is 32.1. The van der Waals surface area contributed by atoms with Crippen LogP contribution in [0.15, 0.2) is 30.3 Å². The molecule has 0 radical (unpaired) electrons. The van der Waals surface area contributed by atoms with Gasteiger partial charge in [0.15, 0.2) is 6.61 Å². The molecule has 0 saturated heterocycles. The molecule has 27 heavy (non-hydrogen) atoms. The number of thiophene rings is 1. The van der Waals surface area contributed by atoms with Gasteiger partial charge in [0.05, 0.1) is 5.56 Å². The zero-order valence-corrected chi connectivity index (χ0v) is 17.0. The van der Waals surface area contributed by atoms with Crippen LogP contribution in [0, 0.1) is 22.7 Å². The molecule has 5 heteroatoms. The van der Waals surface area contributed by atoms with E-state index >= 15 is 0 Å². The number of ether oxygens (including phenoxy) is 1. The van der Waals surface area contributed by atoms with E-state index in [4.69, 9.17) is 4.74 Å². The summed E-state index contributed by atoms with van der Waals surface area (Å²) in [5.74, 6) is 1.04. The Labute approximate surface area is 165 Å². The van der Waals surface area contributed by atoms with E-state index in [0.717, 1.165) is 31.2 Å². The van der Waals surface area contributed by atoms with Gasteiger partial charge in [0.25, 0.3) is 5.91 Å². The van der Waals surface area contributed by atoms with E-state index in [1.54, 1.807) is 11.3 Å². The SMILES string of the molecule is CCC(C)(C)C1CCc2c(sc(NC(=O)COc3ccccc3)c2C#N)C1. The first-order valence-corrected chi connectivity index (χ1v) is 10.3. The predicted molar refractivity (Wildman–Crippen MR) is 109 cm³/mol. The van der Waals surface area contributed by atoms with Gasteiger partial charge in [-0.1, -0.05) is 45.4 Å². The lowest BCUT2D eigenvalue weighted by Crippen LogP contribution is -2.28. The summed E-state index contributed by atoms with van der Waals surface area (Å²) in [6.07, 6.45) is 4.15. The fraction of sp³-hybridized carbons (Fsp3) is 0.455. The van der Waals surface area contributed by atoms with Crippen LogP contribution in [0.2, 0.25) is 0 Å². The highest BCUT2D eigenvalue weighted by Gasteiger charge is 2.34. The average molecular weight is 383 g/mol. The highest BCUT2D eigenvalue weighted by molar-refractivity contribution is 7.16. The number of nitriles is 1. The molecule has 1 aromatic heterocycles. The molecule has 0 aliphatic heterocycles. The third kappa shape index (κ3) is 4.33. The first-order chi connectivity index (χ1) is 12.9. The normalized spacial score (nSPS) is 16.3. The van der Waals surface area contributed by atoms with Crippen LogP contribution >= 0.6 is 11.3 Å². The summed E-state index contributed by atoms with van der Waals surface area (Å²) in [5, 5.41) is 13.2. The lowest BCUT2D eigenvalue weighted by atomic mass is 9.69. The Morgan fingerprint density at radius 2 is 2.11 bits per heavy atom. The van der Waals surface area contributed by atoms with Crippen LogP contribution in [-0.2, 0) is 17.6 Å². The van der Waals surface area contributed by atoms with Gasteiger partial charge in [-0.05, 0) is 48.3 Å². The molecule has 3 rings (SSSR count). The monoisotopic (exact) mass is 382 g/mol. The van der Waals surface area contributed by atoms with Crippen molar-refractivity contribution in [2.75, 3.05) is 11.9 Å². The minimum absolute atomic E-state index is 0.0665. The van der Waals surface area contributed by atoms with E-state index in [9.17, 15) is 10.1 Å².